The molecule has 1 heterocycles. The van der Waals surface area contributed by atoms with Gasteiger partial charge in [0.05, 0.1) is 11.9 Å². The number of H-pyrrole nitrogens is 1. The molecule has 0 aliphatic rings. The molecule has 2 N–H and O–H groups in total. The van der Waals surface area contributed by atoms with Crippen molar-refractivity contribution in [1.29, 1.82) is 0 Å². The lowest BCUT2D eigenvalue weighted by Crippen LogP contribution is -2.30. The number of hydrogen-bond donors (Lipinski definition) is 2. The Morgan fingerprint density at radius 2 is 1.45 bits per heavy atom. The second-order valence-corrected chi connectivity index (χ2v) is 7.99. The van der Waals surface area contributed by atoms with Gasteiger partial charge in [0.1, 0.15) is 0 Å². The molecule has 0 unspecified atom stereocenters. The first-order chi connectivity index (χ1) is 15.0. The van der Waals surface area contributed by atoms with Crippen molar-refractivity contribution in [2.75, 3.05) is 5.32 Å². The quantitative estimate of drug-likeness (QED) is 0.398. The first kappa shape index (κ1) is 24.6. The van der Waals surface area contributed by atoms with Gasteiger partial charge in [-0.05, 0) is 30.7 Å². The number of aromatic nitrogens is 2. The fraction of sp³-hybridized carbons (Fsp3) is 0.542. The highest BCUT2D eigenvalue weighted by atomic mass is 19.1. The zero-order valence-corrected chi connectivity index (χ0v) is 18.4. The van der Waals surface area contributed by atoms with Gasteiger partial charge >= 0.3 is 5.69 Å². The van der Waals surface area contributed by atoms with Gasteiger partial charge in [-0.15, -0.1) is 0 Å². The number of benzene rings is 1. The van der Waals surface area contributed by atoms with Gasteiger partial charge in [0.2, 0.25) is 11.7 Å². The molecule has 0 saturated heterocycles. The lowest BCUT2D eigenvalue weighted by molar-refractivity contribution is -0.116. The number of carbonyl (C=O) groups excluding carboxylic acids is 1. The third-order valence-corrected chi connectivity index (χ3v) is 5.34. The zero-order chi connectivity index (χ0) is 22.5. The summed E-state index contributed by atoms with van der Waals surface area (Å²) in [4.78, 5) is 37.0. The van der Waals surface area contributed by atoms with Crippen molar-refractivity contribution < 1.29 is 9.18 Å². The van der Waals surface area contributed by atoms with Crippen LogP contribution in [0, 0.1) is 5.82 Å². The molecule has 1 aromatic carbocycles. The fourth-order valence-corrected chi connectivity index (χ4v) is 3.52. The van der Waals surface area contributed by atoms with Gasteiger partial charge in [0.15, 0.2) is 0 Å². The lowest BCUT2D eigenvalue weighted by atomic mass is 10.1. The average Bonchev–Trinajstić information content (AvgIpc) is 2.75. The van der Waals surface area contributed by atoms with Crippen molar-refractivity contribution in [3.63, 3.8) is 0 Å². The van der Waals surface area contributed by atoms with Crippen LogP contribution in [0.3, 0.4) is 0 Å². The Morgan fingerprint density at radius 3 is 2.03 bits per heavy atom. The highest BCUT2D eigenvalue weighted by molar-refractivity contribution is 5.90. The van der Waals surface area contributed by atoms with Crippen LogP contribution in [0.4, 0.5) is 10.1 Å². The van der Waals surface area contributed by atoms with Crippen LogP contribution < -0.4 is 16.6 Å². The summed E-state index contributed by atoms with van der Waals surface area (Å²) in [6, 6.07) is 6.44. The number of carbonyl (C=O) groups is 1. The number of hydrogen-bond acceptors (Lipinski definition) is 3. The molecular weight excluding hydrogens is 397 g/mol. The molecule has 1 amide bonds. The fourth-order valence-electron chi connectivity index (χ4n) is 3.52. The van der Waals surface area contributed by atoms with Crippen LogP contribution in [0.5, 0.6) is 0 Å². The van der Waals surface area contributed by atoms with Crippen molar-refractivity contribution in [2.24, 2.45) is 0 Å². The number of unbranched alkanes of at least 4 members (excludes halogenated alkanes) is 10. The van der Waals surface area contributed by atoms with E-state index in [9.17, 15) is 18.8 Å². The third-order valence-electron chi connectivity index (χ3n) is 5.34. The number of rotatable bonds is 14. The van der Waals surface area contributed by atoms with Crippen LogP contribution >= 0.6 is 0 Å². The summed E-state index contributed by atoms with van der Waals surface area (Å²) in [6.45, 7) is 2.24. The Hall–Kier alpha value is -2.70. The number of amides is 1. The lowest BCUT2D eigenvalue weighted by Gasteiger charge is -2.08. The number of anilines is 1. The van der Waals surface area contributed by atoms with Crippen LogP contribution in [0.2, 0.25) is 0 Å². The summed E-state index contributed by atoms with van der Waals surface area (Å²) in [5.41, 5.74) is -0.773. The van der Waals surface area contributed by atoms with Crippen molar-refractivity contribution in [1.82, 2.24) is 9.55 Å². The Morgan fingerprint density at radius 1 is 0.903 bits per heavy atom. The van der Waals surface area contributed by atoms with Crippen molar-refractivity contribution in [3.05, 3.63) is 57.1 Å². The van der Waals surface area contributed by atoms with E-state index < -0.39 is 17.1 Å². The van der Waals surface area contributed by atoms with Crippen molar-refractivity contribution >= 4 is 11.6 Å². The molecule has 0 atom stereocenters. The summed E-state index contributed by atoms with van der Waals surface area (Å²) in [7, 11) is 0. The molecule has 170 valence electrons. The molecule has 7 heteroatoms. The molecular formula is C24H34FN3O3. The van der Waals surface area contributed by atoms with Gasteiger partial charge in [-0.2, -0.15) is 4.39 Å². The van der Waals surface area contributed by atoms with E-state index in [0.29, 0.717) is 17.8 Å². The van der Waals surface area contributed by atoms with E-state index in [0.717, 1.165) is 23.6 Å². The monoisotopic (exact) mass is 431 g/mol. The van der Waals surface area contributed by atoms with E-state index in [1.807, 2.05) is 4.98 Å². The van der Waals surface area contributed by atoms with E-state index >= 15 is 0 Å². The summed E-state index contributed by atoms with van der Waals surface area (Å²) in [5, 5.41) is 2.83. The van der Waals surface area contributed by atoms with E-state index in [1.165, 1.54) is 57.8 Å². The van der Waals surface area contributed by atoms with Crippen LogP contribution in [-0.4, -0.2) is 15.5 Å². The summed E-state index contributed by atoms with van der Waals surface area (Å²) < 4.78 is 14.4. The molecule has 6 nitrogen and oxygen atoms in total. The van der Waals surface area contributed by atoms with Gasteiger partial charge in [-0.1, -0.05) is 71.1 Å². The Bertz CT molecular complexity index is 919. The second-order valence-electron chi connectivity index (χ2n) is 7.99. The maximum Gasteiger partial charge on any atom is 0.333 e. The predicted molar refractivity (Wildman–Crippen MR) is 122 cm³/mol. The molecule has 0 saturated carbocycles. The number of nitrogens with one attached hydrogen (secondary N) is 2. The molecule has 1 aromatic heterocycles. The first-order valence-electron chi connectivity index (χ1n) is 11.4. The predicted octanol–water partition coefficient (Wildman–Crippen LogP) is 5.30. The zero-order valence-electron chi connectivity index (χ0n) is 18.4. The minimum atomic E-state index is -1.05. The van der Waals surface area contributed by atoms with E-state index in [-0.39, 0.29) is 5.91 Å². The van der Waals surface area contributed by atoms with Gasteiger partial charge < -0.3 is 5.32 Å². The minimum Gasteiger partial charge on any atom is -0.326 e. The molecule has 0 radical (unpaired) electrons. The molecule has 0 bridgehead atoms. The molecule has 0 spiro atoms. The van der Waals surface area contributed by atoms with Gasteiger partial charge in [0.25, 0.3) is 5.56 Å². The standard InChI is InChI=1S/C24H34FN3O3/c1-2-3-4-5-6-7-8-9-10-11-12-13-22(29)26-19-14-16-20(17-15-19)28-18-21(25)23(30)27-24(28)31/h14-18H,2-13H2,1H3,(H,26,29)(H,27,30,31). The number of nitrogens with zero attached hydrogens (tertiary/aromatic N) is 1. The maximum absolute atomic E-state index is 13.4. The van der Waals surface area contributed by atoms with E-state index in [4.69, 9.17) is 0 Å². The Balaban J connectivity index is 1.64. The molecule has 0 aliphatic heterocycles. The molecule has 31 heavy (non-hydrogen) atoms. The van der Waals surface area contributed by atoms with Crippen LogP contribution in [-0.2, 0) is 4.79 Å². The van der Waals surface area contributed by atoms with E-state index in [1.54, 1.807) is 24.3 Å². The molecule has 2 rings (SSSR count). The van der Waals surface area contributed by atoms with Gasteiger partial charge in [0, 0.05) is 12.1 Å². The van der Waals surface area contributed by atoms with Crippen LogP contribution in [0.1, 0.15) is 84.0 Å². The Kier molecular flexibility index (Phi) is 10.8. The van der Waals surface area contributed by atoms with Gasteiger partial charge in [-0.25, -0.2) is 4.79 Å². The SMILES string of the molecule is CCCCCCCCCCCCCC(=O)Nc1ccc(-n2cc(F)c(=O)[nH]c2=O)cc1. The highest BCUT2D eigenvalue weighted by Crippen LogP contribution is 2.14. The maximum atomic E-state index is 13.4. The summed E-state index contributed by atoms with van der Waals surface area (Å²) in [5.74, 6) is -1.08. The second kappa shape index (κ2) is 13.6. The molecule has 0 fully saturated rings. The minimum absolute atomic E-state index is 0.0454. The number of aromatic amines is 1. The van der Waals surface area contributed by atoms with Crippen molar-refractivity contribution in [2.45, 2.75) is 84.0 Å². The molecule has 2 aromatic rings. The van der Waals surface area contributed by atoms with Crippen LogP contribution in [0.25, 0.3) is 5.69 Å². The normalized spacial score (nSPS) is 10.9. The smallest absolute Gasteiger partial charge is 0.326 e. The van der Waals surface area contributed by atoms with Crippen LogP contribution in [0.15, 0.2) is 40.1 Å². The first-order valence-corrected chi connectivity index (χ1v) is 11.4. The number of halogens is 1. The topological polar surface area (TPSA) is 84.0 Å². The average molecular weight is 432 g/mol. The highest BCUT2D eigenvalue weighted by Gasteiger charge is 2.07. The van der Waals surface area contributed by atoms with Crippen molar-refractivity contribution in [3.8, 4) is 5.69 Å². The molecule has 0 aliphatic carbocycles. The van der Waals surface area contributed by atoms with E-state index in [2.05, 4.69) is 12.2 Å². The van der Waals surface area contributed by atoms with Gasteiger partial charge in [-0.3, -0.25) is 19.1 Å². The largest absolute Gasteiger partial charge is 0.333 e. The third kappa shape index (κ3) is 8.90. The Labute approximate surface area is 182 Å². The summed E-state index contributed by atoms with van der Waals surface area (Å²) >= 11 is 0. The summed E-state index contributed by atoms with van der Waals surface area (Å²) in [6.07, 6.45) is 15.0.